The van der Waals surface area contributed by atoms with Crippen molar-refractivity contribution in [3.63, 3.8) is 0 Å². The van der Waals surface area contributed by atoms with E-state index < -0.39 is 12.0 Å². The predicted octanol–water partition coefficient (Wildman–Crippen LogP) is 3.46. The van der Waals surface area contributed by atoms with Crippen LogP contribution in [0.15, 0.2) is 53.3 Å². The molecule has 5 N–H and O–H groups in total. The van der Waals surface area contributed by atoms with Crippen molar-refractivity contribution in [2.75, 3.05) is 16.0 Å². The van der Waals surface area contributed by atoms with E-state index in [9.17, 15) is 4.39 Å². The SMILES string of the molecule is Cc1ccc(N)cc1NC1=CC(N)N(c2ccc(F)c(Cl)c2)C=N1. The number of aliphatic imine (C=N–C) groups is 1. The van der Waals surface area contributed by atoms with Crippen molar-refractivity contribution in [3.05, 3.63) is 64.7 Å². The van der Waals surface area contributed by atoms with Gasteiger partial charge in [-0.05, 0) is 48.9 Å². The second-order valence-corrected chi connectivity index (χ2v) is 5.90. The monoisotopic (exact) mass is 345 g/mol. The van der Waals surface area contributed by atoms with Gasteiger partial charge in [0.1, 0.15) is 17.8 Å². The van der Waals surface area contributed by atoms with Gasteiger partial charge in [0.15, 0.2) is 0 Å². The number of hydrogen-bond acceptors (Lipinski definition) is 5. The molecule has 0 radical (unpaired) electrons. The maximum absolute atomic E-state index is 13.3. The Kier molecular flexibility index (Phi) is 4.42. The van der Waals surface area contributed by atoms with Crippen molar-refractivity contribution in [2.24, 2.45) is 10.7 Å². The third kappa shape index (κ3) is 3.34. The van der Waals surface area contributed by atoms with E-state index in [1.807, 2.05) is 25.1 Å². The van der Waals surface area contributed by atoms with Crippen molar-refractivity contribution in [2.45, 2.75) is 13.1 Å². The highest BCUT2D eigenvalue weighted by atomic mass is 35.5. The van der Waals surface area contributed by atoms with Gasteiger partial charge in [-0.1, -0.05) is 17.7 Å². The summed E-state index contributed by atoms with van der Waals surface area (Å²) in [5.74, 6) is 0.138. The highest BCUT2D eigenvalue weighted by Crippen LogP contribution is 2.25. The number of nitrogen functional groups attached to an aromatic ring is 1. The van der Waals surface area contributed by atoms with Gasteiger partial charge < -0.3 is 21.7 Å². The number of nitrogens with zero attached hydrogens (tertiary/aromatic N) is 2. The van der Waals surface area contributed by atoms with Gasteiger partial charge in [0.25, 0.3) is 0 Å². The molecule has 0 amide bonds. The molecule has 1 atom stereocenters. The average molecular weight is 346 g/mol. The van der Waals surface area contributed by atoms with E-state index in [0.717, 1.165) is 11.3 Å². The van der Waals surface area contributed by atoms with E-state index in [-0.39, 0.29) is 5.02 Å². The predicted molar refractivity (Wildman–Crippen MR) is 97.7 cm³/mol. The van der Waals surface area contributed by atoms with Crippen LogP contribution >= 0.6 is 11.6 Å². The minimum atomic E-state index is -0.474. The summed E-state index contributed by atoms with van der Waals surface area (Å²) in [5, 5.41) is 3.24. The van der Waals surface area contributed by atoms with Crippen LogP contribution in [0.1, 0.15) is 5.56 Å². The third-order valence-corrected chi connectivity index (χ3v) is 3.99. The Hall–Kier alpha value is -2.57. The molecule has 2 aromatic carbocycles. The first kappa shape index (κ1) is 16.3. The van der Waals surface area contributed by atoms with Crippen LogP contribution < -0.4 is 21.7 Å². The molecule has 0 aliphatic carbocycles. The smallest absolute Gasteiger partial charge is 0.141 e. The first-order valence-electron chi connectivity index (χ1n) is 7.32. The number of hydrogen-bond donors (Lipinski definition) is 3. The summed E-state index contributed by atoms with van der Waals surface area (Å²) < 4.78 is 13.3. The van der Waals surface area contributed by atoms with Crippen LogP contribution in [0.3, 0.4) is 0 Å². The Morgan fingerprint density at radius 3 is 2.75 bits per heavy atom. The number of aryl methyl sites for hydroxylation is 1. The molecule has 0 saturated carbocycles. The number of halogens is 2. The zero-order valence-corrected chi connectivity index (χ0v) is 13.8. The van der Waals surface area contributed by atoms with Crippen LogP contribution in [-0.4, -0.2) is 12.5 Å². The molecule has 7 heteroatoms. The van der Waals surface area contributed by atoms with Gasteiger partial charge in [-0.15, -0.1) is 0 Å². The van der Waals surface area contributed by atoms with E-state index in [4.69, 9.17) is 23.1 Å². The molecule has 24 heavy (non-hydrogen) atoms. The van der Waals surface area contributed by atoms with Gasteiger partial charge >= 0.3 is 0 Å². The number of rotatable bonds is 3. The van der Waals surface area contributed by atoms with Crippen LogP contribution in [0.4, 0.5) is 21.5 Å². The van der Waals surface area contributed by atoms with E-state index in [1.54, 1.807) is 23.4 Å². The summed E-state index contributed by atoms with van der Waals surface area (Å²) in [4.78, 5) is 6.05. The number of nitrogens with two attached hydrogens (primary N) is 2. The van der Waals surface area contributed by atoms with Gasteiger partial charge in [0, 0.05) is 17.1 Å². The first-order chi connectivity index (χ1) is 11.4. The Labute approximate surface area is 144 Å². The lowest BCUT2D eigenvalue weighted by molar-refractivity contribution is 0.628. The van der Waals surface area contributed by atoms with Crippen molar-refractivity contribution in [1.29, 1.82) is 0 Å². The van der Waals surface area contributed by atoms with E-state index in [1.165, 1.54) is 12.1 Å². The zero-order valence-electron chi connectivity index (χ0n) is 13.0. The molecule has 124 valence electrons. The molecule has 0 spiro atoms. The average Bonchev–Trinajstić information content (AvgIpc) is 2.54. The topological polar surface area (TPSA) is 79.7 Å². The molecule has 1 unspecified atom stereocenters. The molecule has 3 rings (SSSR count). The minimum absolute atomic E-state index is 0.0383. The van der Waals surface area contributed by atoms with Crippen LogP contribution in [0.2, 0.25) is 5.02 Å². The zero-order chi connectivity index (χ0) is 17.3. The van der Waals surface area contributed by atoms with Crippen molar-refractivity contribution < 1.29 is 4.39 Å². The maximum atomic E-state index is 13.3. The molecular weight excluding hydrogens is 329 g/mol. The fourth-order valence-corrected chi connectivity index (χ4v) is 2.53. The minimum Gasteiger partial charge on any atom is -0.399 e. The molecule has 5 nitrogen and oxygen atoms in total. The van der Waals surface area contributed by atoms with Crippen LogP contribution in [-0.2, 0) is 0 Å². The van der Waals surface area contributed by atoms with Crippen LogP contribution in [0.5, 0.6) is 0 Å². The molecule has 0 fully saturated rings. The highest BCUT2D eigenvalue weighted by molar-refractivity contribution is 6.31. The van der Waals surface area contributed by atoms with Gasteiger partial charge in [-0.25, -0.2) is 9.38 Å². The number of anilines is 3. The lowest BCUT2D eigenvalue weighted by atomic mass is 10.2. The van der Waals surface area contributed by atoms with E-state index >= 15 is 0 Å². The lowest BCUT2D eigenvalue weighted by Gasteiger charge is -2.28. The normalized spacial score (nSPS) is 16.9. The van der Waals surface area contributed by atoms with Crippen molar-refractivity contribution >= 4 is 35.0 Å². The molecule has 1 heterocycles. The Morgan fingerprint density at radius 1 is 1.25 bits per heavy atom. The molecule has 1 aliphatic heterocycles. The van der Waals surface area contributed by atoms with Crippen LogP contribution in [0.25, 0.3) is 0 Å². The number of nitrogens with one attached hydrogen (secondary N) is 1. The summed E-state index contributed by atoms with van der Waals surface area (Å²) in [6.07, 6.45) is 2.88. The van der Waals surface area contributed by atoms with Crippen molar-refractivity contribution in [1.82, 2.24) is 0 Å². The summed E-state index contributed by atoms with van der Waals surface area (Å²) in [6, 6.07) is 10.0. The summed E-state index contributed by atoms with van der Waals surface area (Å²) >= 11 is 5.82. The summed E-state index contributed by atoms with van der Waals surface area (Å²) in [5.41, 5.74) is 15.2. The highest BCUT2D eigenvalue weighted by Gasteiger charge is 2.17. The second-order valence-electron chi connectivity index (χ2n) is 5.49. The lowest BCUT2D eigenvalue weighted by Crippen LogP contribution is -2.42. The molecule has 1 aliphatic rings. The van der Waals surface area contributed by atoms with Crippen molar-refractivity contribution in [3.8, 4) is 0 Å². The van der Waals surface area contributed by atoms with Gasteiger partial charge in [0.05, 0.1) is 11.4 Å². The van der Waals surface area contributed by atoms with Crippen LogP contribution in [0, 0.1) is 12.7 Å². The molecule has 0 aromatic heterocycles. The largest absolute Gasteiger partial charge is 0.399 e. The third-order valence-electron chi connectivity index (χ3n) is 3.70. The summed E-state index contributed by atoms with van der Waals surface area (Å²) in [6.45, 7) is 1.97. The molecular formula is C17H17ClFN5. The van der Waals surface area contributed by atoms with Gasteiger partial charge in [-0.3, -0.25) is 0 Å². The van der Waals surface area contributed by atoms with Gasteiger partial charge in [0.2, 0.25) is 0 Å². The Bertz CT molecular complexity index is 834. The quantitative estimate of drug-likeness (QED) is 0.744. The fraction of sp³-hybridized carbons (Fsp3) is 0.118. The molecule has 0 bridgehead atoms. The molecule has 0 saturated heterocycles. The molecule has 2 aromatic rings. The summed E-state index contributed by atoms with van der Waals surface area (Å²) in [7, 11) is 0. The maximum Gasteiger partial charge on any atom is 0.141 e. The van der Waals surface area contributed by atoms with Gasteiger partial charge in [-0.2, -0.15) is 0 Å². The fourth-order valence-electron chi connectivity index (χ4n) is 2.36. The number of benzene rings is 2. The van der Waals surface area contributed by atoms with E-state index in [0.29, 0.717) is 17.2 Å². The Balaban J connectivity index is 1.79. The van der Waals surface area contributed by atoms with E-state index in [2.05, 4.69) is 10.3 Å². The first-order valence-corrected chi connectivity index (χ1v) is 7.70. The standard InChI is InChI=1S/C17H17ClFN5/c1-10-2-3-11(20)6-15(10)23-17-8-16(21)24(9-22-17)12-4-5-14(19)13(18)7-12/h2-9,16,23H,20-21H2,1H3. The second kappa shape index (κ2) is 6.51. The Morgan fingerprint density at radius 2 is 2.04 bits per heavy atom.